The fourth-order valence-electron chi connectivity index (χ4n) is 3.84. The molecule has 0 bridgehead atoms. The zero-order chi connectivity index (χ0) is 16.6. The Hall–Kier alpha value is -1.77. The van der Waals surface area contributed by atoms with Gasteiger partial charge in [-0.05, 0) is 37.3 Å². The van der Waals surface area contributed by atoms with Gasteiger partial charge in [0.2, 0.25) is 5.91 Å². The SMILES string of the molecule is CC(C)=CC1C(C(=O)N2CCN(c3ccccc3)CC2)C1(C)C. The van der Waals surface area contributed by atoms with E-state index in [-0.39, 0.29) is 11.3 Å². The third kappa shape index (κ3) is 3.15. The van der Waals surface area contributed by atoms with Gasteiger partial charge < -0.3 is 9.80 Å². The van der Waals surface area contributed by atoms with E-state index in [1.165, 1.54) is 11.3 Å². The molecule has 2 unspecified atom stereocenters. The van der Waals surface area contributed by atoms with Crippen LogP contribution in [0.5, 0.6) is 0 Å². The van der Waals surface area contributed by atoms with Crippen molar-refractivity contribution < 1.29 is 4.79 Å². The van der Waals surface area contributed by atoms with E-state index in [2.05, 4.69) is 67.8 Å². The Kier molecular flexibility index (Phi) is 4.22. The number of para-hydroxylation sites is 1. The minimum atomic E-state index is 0.116. The Morgan fingerprint density at radius 3 is 2.26 bits per heavy atom. The molecule has 3 rings (SSSR count). The van der Waals surface area contributed by atoms with Gasteiger partial charge in [0.1, 0.15) is 0 Å². The summed E-state index contributed by atoms with van der Waals surface area (Å²) in [7, 11) is 0. The molecule has 0 spiro atoms. The molecule has 2 aliphatic rings. The number of carbonyl (C=O) groups is 1. The fraction of sp³-hybridized carbons (Fsp3) is 0.550. The Labute approximate surface area is 140 Å². The molecule has 1 saturated heterocycles. The number of piperazine rings is 1. The van der Waals surface area contributed by atoms with Gasteiger partial charge in [0, 0.05) is 31.9 Å². The molecule has 2 atom stereocenters. The van der Waals surface area contributed by atoms with Crippen molar-refractivity contribution in [2.45, 2.75) is 27.7 Å². The summed E-state index contributed by atoms with van der Waals surface area (Å²) in [6, 6.07) is 10.5. The van der Waals surface area contributed by atoms with E-state index in [0.29, 0.717) is 11.8 Å². The van der Waals surface area contributed by atoms with Gasteiger partial charge in [0.25, 0.3) is 0 Å². The monoisotopic (exact) mass is 312 g/mol. The molecule has 0 radical (unpaired) electrons. The molecule has 1 heterocycles. The molecule has 1 saturated carbocycles. The fourth-order valence-corrected chi connectivity index (χ4v) is 3.84. The van der Waals surface area contributed by atoms with Gasteiger partial charge in [-0.1, -0.05) is 43.7 Å². The van der Waals surface area contributed by atoms with Crippen molar-refractivity contribution in [3.63, 3.8) is 0 Å². The minimum Gasteiger partial charge on any atom is -0.368 e. The third-order valence-corrected chi connectivity index (χ3v) is 5.40. The van der Waals surface area contributed by atoms with Crippen molar-refractivity contribution in [2.75, 3.05) is 31.1 Å². The van der Waals surface area contributed by atoms with E-state index in [1.807, 2.05) is 6.07 Å². The highest BCUT2D eigenvalue weighted by molar-refractivity contribution is 5.84. The number of rotatable bonds is 3. The average Bonchev–Trinajstić information content (AvgIpc) is 3.07. The molecule has 1 aliphatic carbocycles. The first-order valence-corrected chi connectivity index (χ1v) is 8.65. The minimum absolute atomic E-state index is 0.116. The van der Waals surface area contributed by atoms with Crippen LogP contribution in [0.4, 0.5) is 5.69 Å². The predicted molar refractivity (Wildman–Crippen MR) is 95.4 cm³/mol. The van der Waals surface area contributed by atoms with E-state index in [9.17, 15) is 4.79 Å². The molecule has 1 aliphatic heterocycles. The molecule has 3 heteroatoms. The zero-order valence-corrected chi connectivity index (χ0v) is 14.7. The number of anilines is 1. The normalized spacial score (nSPS) is 25.9. The summed E-state index contributed by atoms with van der Waals surface area (Å²) in [5, 5.41) is 0. The Bertz CT molecular complexity index is 593. The van der Waals surface area contributed by atoms with Crippen molar-refractivity contribution in [3.05, 3.63) is 42.0 Å². The summed E-state index contributed by atoms with van der Waals surface area (Å²) in [6.07, 6.45) is 2.28. The molecule has 1 amide bonds. The highest BCUT2D eigenvalue weighted by Crippen LogP contribution is 2.60. The molecule has 2 fully saturated rings. The number of nitrogens with zero attached hydrogens (tertiary/aromatic N) is 2. The molecule has 124 valence electrons. The van der Waals surface area contributed by atoms with Gasteiger partial charge in [-0.25, -0.2) is 0 Å². The topological polar surface area (TPSA) is 23.6 Å². The number of carbonyl (C=O) groups excluding carboxylic acids is 1. The van der Waals surface area contributed by atoms with Gasteiger partial charge in [-0.15, -0.1) is 0 Å². The maximum atomic E-state index is 12.9. The van der Waals surface area contributed by atoms with Gasteiger partial charge >= 0.3 is 0 Å². The second kappa shape index (κ2) is 6.03. The summed E-state index contributed by atoms with van der Waals surface area (Å²) in [5.74, 6) is 0.929. The molecule has 3 nitrogen and oxygen atoms in total. The predicted octanol–water partition coefficient (Wildman–Crippen LogP) is 3.57. The van der Waals surface area contributed by atoms with Crippen molar-refractivity contribution in [1.82, 2.24) is 4.90 Å². The van der Waals surface area contributed by atoms with Gasteiger partial charge in [-0.2, -0.15) is 0 Å². The van der Waals surface area contributed by atoms with Crippen LogP contribution < -0.4 is 4.90 Å². The highest BCUT2D eigenvalue weighted by atomic mass is 16.2. The molecule has 23 heavy (non-hydrogen) atoms. The smallest absolute Gasteiger partial charge is 0.226 e. The third-order valence-electron chi connectivity index (χ3n) is 5.40. The quantitative estimate of drug-likeness (QED) is 0.797. The van der Waals surface area contributed by atoms with Gasteiger partial charge in [0.05, 0.1) is 5.92 Å². The molecular weight excluding hydrogens is 284 g/mol. The van der Waals surface area contributed by atoms with E-state index < -0.39 is 0 Å². The van der Waals surface area contributed by atoms with E-state index in [1.54, 1.807) is 0 Å². The van der Waals surface area contributed by atoms with Crippen LogP contribution in [0.15, 0.2) is 42.0 Å². The van der Waals surface area contributed by atoms with Crippen molar-refractivity contribution >= 4 is 11.6 Å². The van der Waals surface area contributed by atoms with Gasteiger partial charge in [0.15, 0.2) is 0 Å². The number of hydrogen-bond acceptors (Lipinski definition) is 2. The van der Waals surface area contributed by atoms with E-state index >= 15 is 0 Å². The lowest BCUT2D eigenvalue weighted by atomic mass is 10.1. The molecule has 1 aromatic carbocycles. The van der Waals surface area contributed by atoms with Crippen LogP contribution in [-0.4, -0.2) is 37.0 Å². The maximum absolute atomic E-state index is 12.9. The first kappa shape index (κ1) is 16.1. The van der Waals surface area contributed by atoms with Crippen LogP contribution in [0.3, 0.4) is 0 Å². The van der Waals surface area contributed by atoms with Crippen molar-refractivity contribution in [3.8, 4) is 0 Å². The van der Waals surface area contributed by atoms with Crippen LogP contribution in [0, 0.1) is 17.3 Å². The van der Waals surface area contributed by atoms with Crippen LogP contribution >= 0.6 is 0 Å². The van der Waals surface area contributed by atoms with Crippen LogP contribution in [0.2, 0.25) is 0 Å². The Morgan fingerprint density at radius 1 is 1.09 bits per heavy atom. The zero-order valence-electron chi connectivity index (χ0n) is 14.7. The Morgan fingerprint density at radius 2 is 1.70 bits per heavy atom. The number of allylic oxidation sites excluding steroid dienone is 2. The van der Waals surface area contributed by atoms with Crippen LogP contribution in [-0.2, 0) is 4.79 Å². The number of amides is 1. The molecule has 0 aromatic heterocycles. The second-order valence-electron chi connectivity index (χ2n) is 7.72. The largest absolute Gasteiger partial charge is 0.368 e. The summed E-state index contributed by atoms with van der Waals surface area (Å²) in [6.45, 7) is 12.2. The van der Waals surface area contributed by atoms with Gasteiger partial charge in [-0.3, -0.25) is 4.79 Å². The maximum Gasteiger partial charge on any atom is 0.226 e. The first-order chi connectivity index (χ1) is 10.9. The highest BCUT2D eigenvalue weighted by Gasteiger charge is 2.61. The molecule has 1 aromatic rings. The lowest BCUT2D eigenvalue weighted by Crippen LogP contribution is -2.49. The summed E-state index contributed by atoms with van der Waals surface area (Å²) < 4.78 is 0. The van der Waals surface area contributed by atoms with E-state index in [0.717, 1.165) is 26.2 Å². The standard InChI is InChI=1S/C20H28N2O/c1-15(2)14-17-18(20(17,3)4)19(23)22-12-10-21(11-13-22)16-8-6-5-7-9-16/h5-9,14,17-18H,10-13H2,1-4H3. The summed E-state index contributed by atoms with van der Waals surface area (Å²) >= 11 is 0. The van der Waals surface area contributed by atoms with Crippen molar-refractivity contribution in [1.29, 1.82) is 0 Å². The lowest BCUT2D eigenvalue weighted by molar-refractivity contribution is -0.133. The summed E-state index contributed by atoms with van der Waals surface area (Å²) in [4.78, 5) is 17.3. The first-order valence-electron chi connectivity index (χ1n) is 8.65. The van der Waals surface area contributed by atoms with E-state index in [4.69, 9.17) is 0 Å². The molecular formula is C20H28N2O. The van der Waals surface area contributed by atoms with Crippen LogP contribution in [0.1, 0.15) is 27.7 Å². The number of hydrogen-bond donors (Lipinski definition) is 0. The average molecular weight is 312 g/mol. The number of benzene rings is 1. The van der Waals surface area contributed by atoms with Crippen LogP contribution in [0.25, 0.3) is 0 Å². The van der Waals surface area contributed by atoms with Crippen molar-refractivity contribution in [2.24, 2.45) is 17.3 Å². The second-order valence-corrected chi connectivity index (χ2v) is 7.72. The lowest BCUT2D eigenvalue weighted by Gasteiger charge is -2.36. The Balaban J connectivity index is 1.60. The molecule has 0 N–H and O–H groups in total. The summed E-state index contributed by atoms with van der Waals surface area (Å²) in [5.41, 5.74) is 2.69.